The van der Waals surface area contributed by atoms with Gasteiger partial charge in [-0.15, -0.1) is 0 Å². The van der Waals surface area contributed by atoms with Crippen LogP contribution in [0.3, 0.4) is 0 Å². The highest BCUT2D eigenvalue weighted by Gasteiger charge is 2.37. The van der Waals surface area contributed by atoms with Crippen molar-refractivity contribution in [2.45, 2.75) is 19.9 Å². The van der Waals surface area contributed by atoms with E-state index in [4.69, 9.17) is 10.5 Å². The first-order valence-electron chi connectivity index (χ1n) is 5.13. The Balaban J connectivity index is 3.15. The van der Waals surface area contributed by atoms with Crippen LogP contribution in [-0.2, 0) is 9.53 Å². The first-order valence-corrected chi connectivity index (χ1v) is 5.92. The Hall–Kier alpha value is -1.07. The molecule has 0 radical (unpaired) electrons. The van der Waals surface area contributed by atoms with Crippen LogP contribution in [0.25, 0.3) is 0 Å². The highest BCUT2D eigenvalue weighted by molar-refractivity contribution is 9.10. The second-order valence-corrected chi connectivity index (χ2v) is 5.31. The summed E-state index contributed by atoms with van der Waals surface area (Å²) in [5, 5.41) is 9.77. The van der Waals surface area contributed by atoms with Gasteiger partial charge >= 0.3 is 5.97 Å². The van der Waals surface area contributed by atoms with Crippen molar-refractivity contribution in [3.8, 4) is 5.75 Å². The van der Waals surface area contributed by atoms with Gasteiger partial charge in [0.05, 0.1) is 12.5 Å². The third kappa shape index (κ3) is 2.79. The van der Waals surface area contributed by atoms with E-state index in [2.05, 4.69) is 15.9 Å². The minimum atomic E-state index is -0.910. The molecule has 0 spiro atoms. The lowest BCUT2D eigenvalue weighted by molar-refractivity contribution is -0.152. The third-order valence-electron chi connectivity index (χ3n) is 2.81. The summed E-state index contributed by atoms with van der Waals surface area (Å²) in [7, 11) is 1.32. The molecule has 5 heteroatoms. The second-order valence-electron chi connectivity index (χ2n) is 4.39. The molecule has 0 aliphatic carbocycles. The molecule has 4 nitrogen and oxygen atoms in total. The number of esters is 1. The topological polar surface area (TPSA) is 72.5 Å². The van der Waals surface area contributed by atoms with E-state index in [-0.39, 0.29) is 5.75 Å². The monoisotopic (exact) mass is 301 g/mol. The summed E-state index contributed by atoms with van der Waals surface area (Å²) in [6.45, 7) is 3.37. The largest absolute Gasteiger partial charge is 0.508 e. The lowest BCUT2D eigenvalue weighted by atomic mass is 9.81. The van der Waals surface area contributed by atoms with E-state index in [9.17, 15) is 9.90 Å². The molecule has 3 N–H and O–H groups in total. The van der Waals surface area contributed by atoms with Crippen LogP contribution in [0.1, 0.15) is 25.5 Å². The van der Waals surface area contributed by atoms with Gasteiger partial charge in [0, 0.05) is 16.1 Å². The lowest BCUT2D eigenvalue weighted by Crippen LogP contribution is -2.37. The molecule has 0 heterocycles. The van der Waals surface area contributed by atoms with Gasteiger partial charge in [-0.05, 0) is 32.0 Å². The molecular formula is C12H16BrNO3. The van der Waals surface area contributed by atoms with Crippen LogP contribution >= 0.6 is 15.9 Å². The predicted molar refractivity (Wildman–Crippen MR) is 68.5 cm³/mol. The SMILES string of the molecule is COC(=O)C(C)(C)[C@@H](N)c1cc(Br)ccc1O. The molecule has 0 fully saturated rings. The summed E-state index contributed by atoms with van der Waals surface area (Å²) in [6.07, 6.45) is 0. The van der Waals surface area contributed by atoms with E-state index in [0.717, 1.165) is 4.47 Å². The maximum Gasteiger partial charge on any atom is 0.313 e. The molecule has 0 aromatic heterocycles. The summed E-state index contributed by atoms with van der Waals surface area (Å²) < 4.78 is 5.51. The van der Waals surface area contributed by atoms with Crippen molar-refractivity contribution in [3.05, 3.63) is 28.2 Å². The standard InChI is InChI=1S/C12H16BrNO3/c1-12(2,11(16)17-3)10(14)8-6-7(13)4-5-9(8)15/h4-6,10,15H,14H2,1-3H3/t10-/m0/s1. The average molecular weight is 302 g/mol. The number of phenolic OH excluding ortho intramolecular Hbond substituents is 1. The van der Waals surface area contributed by atoms with E-state index in [1.165, 1.54) is 13.2 Å². The molecular weight excluding hydrogens is 286 g/mol. The molecule has 0 saturated carbocycles. The molecule has 1 rings (SSSR count). The van der Waals surface area contributed by atoms with Crippen molar-refractivity contribution in [2.75, 3.05) is 7.11 Å². The van der Waals surface area contributed by atoms with Gasteiger partial charge < -0.3 is 15.6 Å². The molecule has 0 aliphatic rings. The van der Waals surface area contributed by atoms with Gasteiger partial charge in [-0.1, -0.05) is 15.9 Å². The molecule has 1 atom stereocenters. The summed E-state index contributed by atoms with van der Waals surface area (Å²) in [4.78, 5) is 11.6. The highest BCUT2D eigenvalue weighted by atomic mass is 79.9. The molecule has 0 aliphatic heterocycles. The average Bonchev–Trinajstić information content (AvgIpc) is 2.30. The van der Waals surface area contributed by atoms with Crippen molar-refractivity contribution in [1.82, 2.24) is 0 Å². The molecule has 0 saturated heterocycles. The fraction of sp³-hybridized carbons (Fsp3) is 0.417. The van der Waals surface area contributed by atoms with E-state index >= 15 is 0 Å². The first kappa shape index (κ1) is 14.0. The third-order valence-corrected chi connectivity index (χ3v) is 3.31. The Morgan fingerprint density at radius 2 is 2.12 bits per heavy atom. The minimum absolute atomic E-state index is 0.0673. The van der Waals surface area contributed by atoms with E-state index in [0.29, 0.717) is 5.56 Å². The number of hydrogen-bond acceptors (Lipinski definition) is 4. The highest BCUT2D eigenvalue weighted by Crippen LogP contribution is 2.37. The van der Waals surface area contributed by atoms with Crippen molar-refractivity contribution < 1.29 is 14.6 Å². The first-order chi connectivity index (χ1) is 7.80. The van der Waals surface area contributed by atoms with Crippen molar-refractivity contribution in [1.29, 1.82) is 0 Å². The van der Waals surface area contributed by atoms with Crippen molar-refractivity contribution >= 4 is 21.9 Å². The fourth-order valence-electron chi connectivity index (χ4n) is 1.55. The smallest absolute Gasteiger partial charge is 0.313 e. The maximum atomic E-state index is 11.6. The van der Waals surface area contributed by atoms with E-state index in [1.807, 2.05) is 0 Å². The number of methoxy groups -OCH3 is 1. The van der Waals surface area contributed by atoms with Crippen LogP contribution in [0.4, 0.5) is 0 Å². The normalized spacial score (nSPS) is 13.2. The number of hydrogen-bond donors (Lipinski definition) is 2. The van der Waals surface area contributed by atoms with E-state index < -0.39 is 17.4 Å². The number of rotatable bonds is 3. The molecule has 0 bridgehead atoms. The van der Waals surface area contributed by atoms with Crippen LogP contribution in [-0.4, -0.2) is 18.2 Å². The van der Waals surface area contributed by atoms with E-state index in [1.54, 1.807) is 26.0 Å². The predicted octanol–water partition coefficient (Wildman–Crippen LogP) is 2.35. The van der Waals surface area contributed by atoms with Crippen LogP contribution in [0.5, 0.6) is 5.75 Å². The van der Waals surface area contributed by atoms with Gasteiger partial charge in [-0.2, -0.15) is 0 Å². The summed E-state index contributed by atoms with van der Waals surface area (Å²) in [5.41, 5.74) is 5.64. The fourth-order valence-corrected chi connectivity index (χ4v) is 1.93. The van der Waals surface area contributed by atoms with Gasteiger partial charge in [0.15, 0.2) is 0 Å². The van der Waals surface area contributed by atoms with Crippen molar-refractivity contribution in [2.24, 2.45) is 11.1 Å². The molecule has 17 heavy (non-hydrogen) atoms. The summed E-state index contributed by atoms with van der Waals surface area (Å²) in [6, 6.07) is 4.29. The minimum Gasteiger partial charge on any atom is -0.508 e. The quantitative estimate of drug-likeness (QED) is 0.841. The van der Waals surface area contributed by atoms with Crippen LogP contribution in [0.15, 0.2) is 22.7 Å². The zero-order valence-electron chi connectivity index (χ0n) is 10.0. The lowest BCUT2D eigenvalue weighted by Gasteiger charge is -2.29. The van der Waals surface area contributed by atoms with Gasteiger partial charge in [-0.25, -0.2) is 0 Å². The number of nitrogens with two attached hydrogens (primary N) is 1. The molecule has 94 valence electrons. The van der Waals surface area contributed by atoms with Gasteiger partial charge in [-0.3, -0.25) is 4.79 Å². The van der Waals surface area contributed by atoms with Gasteiger partial charge in [0.25, 0.3) is 0 Å². The molecule has 1 aromatic carbocycles. The Morgan fingerprint density at radius 1 is 1.53 bits per heavy atom. The molecule has 0 amide bonds. The van der Waals surface area contributed by atoms with Gasteiger partial charge in [0.2, 0.25) is 0 Å². The molecule has 0 unspecified atom stereocenters. The number of aromatic hydroxyl groups is 1. The Labute approximate surface area is 109 Å². The van der Waals surface area contributed by atoms with Crippen LogP contribution < -0.4 is 5.73 Å². The second kappa shape index (κ2) is 5.06. The Bertz CT molecular complexity index is 432. The number of benzene rings is 1. The number of halogens is 1. The Kier molecular flexibility index (Phi) is 4.16. The van der Waals surface area contributed by atoms with Crippen LogP contribution in [0.2, 0.25) is 0 Å². The van der Waals surface area contributed by atoms with Gasteiger partial charge in [0.1, 0.15) is 5.75 Å². The van der Waals surface area contributed by atoms with Crippen LogP contribution in [0, 0.1) is 5.41 Å². The molecule has 1 aromatic rings. The number of ether oxygens (including phenoxy) is 1. The zero-order chi connectivity index (χ0) is 13.2. The Morgan fingerprint density at radius 3 is 2.65 bits per heavy atom. The number of carbonyl (C=O) groups is 1. The summed E-state index contributed by atoms with van der Waals surface area (Å²) >= 11 is 3.30. The number of carbonyl (C=O) groups excluding carboxylic acids is 1. The van der Waals surface area contributed by atoms with Crippen molar-refractivity contribution in [3.63, 3.8) is 0 Å². The maximum absolute atomic E-state index is 11.6. The summed E-state index contributed by atoms with van der Waals surface area (Å²) in [5.74, 6) is -0.345. The number of phenols is 1. The zero-order valence-corrected chi connectivity index (χ0v) is 11.6.